The Bertz CT molecular complexity index is 138. The van der Waals surface area contributed by atoms with Crippen LogP contribution in [0.3, 0.4) is 0 Å². The van der Waals surface area contributed by atoms with Crippen molar-refractivity contribution in [2.75, 3.05) is 11.5 Å². The second-order valence-electron chi connectivity index (χ2n) is 1.53. The predicted octanol–water partition coefficient (Wildman–Crippen LogP) is -1.81. The first-order valence-electron chi connectivity index (χ1n) is 2.52. The largest absolute Gasteiger partial charge is 0.369 e. The summed E-state index contributed by atoms with van der Waals surface area (Å²) in [5, 5.41) is 0. The highest BCUT2D eigenvalue weighted by Crippen LogP contribution is 1.96. The van der Waals surface area contributed by atoms with Crippen LogP contribution in [0.25, 0.3) is 0 Å². The molecule has 0 aromatic heterocycles. The number of amides is 2. The Morgan fingerprint density at radius 2 is 2.00 bits per heavy atom. The molecule has 0 radical (unpaired) electrons. The van der Waals surface area contributed by atoms with Crippen molar-refractivity contribution in [3.8, 4) is 0 Å². The molecule has 0 aliphatic carbocycles. The standard InChI is InChI=1S/C4H9N3O2S/c5-3(8)1-10-2-4(9)7-6/h1-2,6H2,(H2,5,8)(H,7,9). The van der Waals surface area contributed by atoms with Crippen molar-refractivity contribution in [3.63, 3.8) is 0 Å². The molecular weight excluding hydrogens is 154 g/mol. The van der Waals surface area contributed by atoms with Gasteiger partial charge >= 0.3 is 0 Å². The number of carbonyl (C=O) groups is 2. The van der Waals surface area contributed by atoms with E-state index >= 15 is 0 Å². The number of hydrogen-bond acceptors (Lipinski definition) is 4. The highest BCUT2D eigenvalue weighted by molar-refractivity contribution is 8.00. The van der Waals surface area contributed by atoms with E-state index in [2.05, 4.69) is 0 Å². The number of primary amides is 1. The Labute approximate surface area is 62.5 Å². The lowest BCUT2D eigenvalue weighted by molar-refractivity contribution is -0.118. The van der Waals surface area contributed by atoms with E-state index in [1.807, 2.05) is 5.43 Å². The maximum atomic E-state index is 10.4. The van der Waals surface area contributed by atoms with Crippen LogP contribution < -0.4 is 17.0 Å². The van der Waals surface area contributed by atoms with E-state index in [9.17, 15) is 9.59 Å². The normalized spacial score (nSPS) is 8.90. The number of rotatable bonds is 4. The van der Waals surface area contributed by atoms with Crippen LogP contribution in [0, 0.1) is 0 Å². The molecule has 0 atom stereocenters. The van der Waals surface area contributed by atoms with Gasteiger partial charge in [0.1, 0.15) is 0 Å². The second-order valence-corrected chi connectivity index (χ2v) is 2.51. The molecule has 0 fully saturated rings. The van der Waals surface area contributed by atoms with Gasteiger partial charge in [-0.05, 0) is 0 Å². The van der Waals surface area contributed by atoms with Gasteiger partial charge in [-0.15, -0.1) is 11.8 Å². The van der Waals surface area contributed by atoms with Gasteiger partial charge in [-0.3, -0.25) is 15.0 Å². The van der Waals surface area contributed by atoms with Gasteiger partial charge in [0, 0.05) is 0 Å². The first kappa shape index (κ1) is 9.25. The summed E-state index contributed by atoms with van der Waals surface area (Å²) in [5.41, 5.74) is 6.72. The maximum Gasteiger partial charge on any atom is 0.243 e. The molecular formula is C4H9N3O2S. The molecule has 0 saturated carbocycles. The van der Waals surface area contributed by atoms with Crippen molar-refractivity contribution in [2.24, 2.45) is 11.6 Å². The predicted molar refractivity (Wildman–Crippen MR) is 38.8 cm³/mol. The van der Waals surface area contributed by atoms with E-state index in [1.54, 1.807) is 0 Å². The zero-order valence-corrected chi connectivity index (χ0v) is 6.11. The zero-order valence-electron chi connectivity index (χ0n) is 5.29. The minimum absolute atomic E-state index is 0.146. The van der Waals surface area contributed by atoms with Crippen LogP contribution in [0.15, 0.2) is 0 Å². The van der Waals surface area contributed by atoms with E-state index in [-0.39, 0.29) is 17.4 Å². The molecule has 0 aliphatic heterocycles. The molecule has 0 saturated heterocycles. The van der Waals surface area contributed by atoms with Gasteiger partial charge < -0.3 is 5.73 Å². The van der Waals surface area contributed by atoms with E-state index < -0.39 is 5.91 Å². The van der Waals surface area contributed by atoms with Crippen LogP contribution in [0.1, 0.15) is 0 Å². The van der Waals surface area contributed by atoms with Crippen molar-refractivity contribution in [1.82, 2.24) is 5.43 Å². The summed E-state index contributed by atoms with van der Waals surface area (Å²) in [4.78, 5) is 20.5. The van der Waals surface area contributed by atoms with Crippen LogP contribution in [0.5, 0.6) is 0 Å². The monoisotopic (exact) mass is 163 g/mol. The van der Waals surface area contributed by atoms with E-state index in [1.165, 1.54) is 0 Å². The van der Waals surface area contributed by atoms with Gasteiger partial charge in [0.25, 0.3) is 0 Å². The van der Waals surface area contributed by atoms with Gasteiger partial charge in [0.2, 0.25) is 11.8 Å². The molecule has 6 heteroatoms. The minimum Gasteiger partial charge on any atom is -0.369 e. The van der Waals surface area contributed by atoms with Crippen molar-refractivity contribution >= 4 is 23.6 Å². The van der Waals surface area contributed by atoms with Crippen molar-refractivity contribution in [3.05, 3.63) is 0 Å². The molecule has 0 bridgehead atoms. The summed E-state index contributed by atoms with van der Waals surface area (Å²) in [6, 6.07) is 0. The Hall–Kier alpha value is -0.750. The molecule has 0 unspecified atom stereocenters. The lowest BCUT2D eigenvalue weighted by atomic mass is 10.7. The fourth-order valence-corrected chi connectivity index (χ4v) is 0.858. The molecule has 0 aromatic rings. The summed E-state index contributed by atoms with van der Waals surface area (Å²) >= 11 is 1.13. The zero-order chi connectivity index (χ0) is 7.98. The summed E-state index contributed by atoms with van der Waals surface area (Å²) in [6.07, 6.45) is 0. The summed E-state index contributed by atoms with van der Waals surface area (Å²) in [7, 11) is 0. The highest BCUT2D eigenvalue weighted by atomic mass is 32.2. The Morgan fingerprint density at radius 1 is 1.40 bits per heavy atom. The van der Waals surface area contributed by atoms with Crippen molar-refractivity contribution < 1.29 is 9.59 Å². The van der Waals surface area contributed by atoms with Crippen LogP contribution in [0.2, 0.25) is 0 Å². The number of hydrogen-bond donors (Lipinski definition) is 3. The lowest BCUT2D eigenvalue weighted by Crippen LogP contribution is -2.32. The Kier molecular flexibility index (Phi) is 4.69. The number of nitrogens with two attached hydrogens (primary N) is 2. The van der Waals surface area contributed by atoms with E-state index in [0.717, 1.165) is 11.8 Å². The highest BCUT2D eigenvalue weighted by Gasteiger charge is 1.99. The van der Waals surface area contributed by atoms with Gasteiger partial charge in [-0.2, -0.15) is 0 Å². The first-order valence-corrected chi connectivity index (χ1v) is 3.67. The molecule has 0 heterocycles. The van der Waals surface area contributed by atoms with E-state index in [0.29, 0.717) is 0 Å². The van der Waals surface area contributed by atoms with Gasteiger partial charge in [0.15, 0.2) is 0 Å². The molecule has 58 valence electrons. The average molecular weight is 163 g/mol. The fourth-order valence-electron chi connectivity index (χ4n) is 0.286. The molecule has 2 amide bonds. The molecule has 0 spiro atoms. The summed E-state index contributed by atoms with van der Waals surface area (Å²) < 4.78 is 0. The second kappa shape index (κ2) is 5.07. The average Bonchev–Trinajstić information content (AvgIpc) is 1.87. The first-order chi connectivity index (χ1) is 4.66. The molecule has 5 N–H and O–H groups in total. The Morgan fingerprint density at radius 3 is 2.40 bits per heavy atom. The third-order valence-corrected chi connectivity index (χ3v) is 1.59. The van der Waals surface area contributed by atoms with Crippen LogP contribution in [0.4, 0.5) is 0 Å². The third kappa shape index (κ3) is 5.39. The number of thioether (sulfide) groups is 1. The van der Waals surface area contributed by atoms with Crippen LogP contribution >= 0.6 is 11.8 Å². The quantitative estimate of drug-likeness (QED) is 0.258. The minimum atomic E-state index is -0.435. The van der Waals surface area contributed by atoms with Crippen LogP contribution in [-0.4, -0.2) is 23.3 Å². The molecule has 0 aliphatic rings. The topological polar surface area (TPSA) is 98.2 Å². The van der Waals surface area contributed by atoms with Crippen molar-refractivity contribution in [1.29, 1.82) is 0 Å². The van der Waals surface area contributed by atoms with Crippen molar-refractivity contribution in [2.45, 2.75) is 0 Å². The van der Waals surface area contributed by atoms with E-state index in [4.69, 9.17) is 11.6 Å². The summed E-state index contributed by atoms with van der Waals surface area (Å²) in [6.45, 7) is 0. The molecule has 5 nitrogen and oxygen atoms in total. The lowest BCUT2D eigenvalue weighted by Gasteiger charge is -1.95. The van der Waals surface area contributed by atoms with Gasteiger partial charge in [0.05, 0.1) is 11.5 Å². The molecule has 0 rings (SSSR count). The number of nitrogens with one attached hydrogen (secondary N) is 1. The van der Waals surface area contributed by atoms with Crippen LogP contribution in [-0.2, 0) is 9.59 Å². The SMILES string of the molecule is NNC(=O)CSCC(N)=O. The van der Waals surface area contributed by atoms with Gasteiger partial charge in [-0.1, -0.05) is 0 Å². The third-order valence-electron chi connectivity index (χ3n) is 0.638. The molecule has 10 heavy (non-hydrogen) atoms. The Balaban J connectivity index is 3.20. The number of carbonyl (C=O) groups excluding carboxylic acids is 2. The smallest absolute Gasteiger partial charge is 0.243 e. The number of hydrazine groups is 1. The maximum absolute atomic E-state index is 10.4. The summed E-state index contributed by atoms with van der Waals surface area (Å²) in [5.74, 6) is 4.32. The fraction of sp³-hybridized carbons (Fsp3) is 0.500. The van der Waals surface area contributed by atoms with Gasteiger partial charge in [-0.25, -0.2) is 5.84 Å². The molecule has 0 aromatic carbocycles.